The Labute approximate surface area is 81.4 Å². The van der Waals surface area contributed by atoms with Crippen LogP contribution in [-0.2, 0) is 17.6 Å². The molecule has 0 aliphatic rings. The minimum absolute atomic E-state index is 0.0640. The normalized spacial score (nSPS) is 10.6. The Balaban J connectivity index is 2.66. The largest absolute Gasteiger partial charge is 0.412 e. The summed E-state index contributed by atoms with van der Waals surface area (Å²) in [5.74, 6) is 0. The Morgan fingerprint density at radius 2 is 2.50 bits per heavy atom. The minimum Gasteiger partial charge on any atom is -0.412 e. The number of halogens is 1. The van der Waals surface area contributed by atoms with E-state index in [1.807, 2.05) is 6.55 Å². The lowest BCUT2D eigenvalue weighted by atomic mass is 10.4. The lowest BCUT2D eigenvalue weighted by Crippen LogP contribution is -1.95. The van der Waals surface area contributed by atoms with Gasteiger partial charge in [0.1, 0.15) is 5.69 Å². The number of H-pyrrole nitrogens is 1. The van der Waals surface area contributed by atoms with Crippen molar-refractivity contribution in [3.63, 3.8) is 0 Å². The molecule has 0 aliphatic carbocycles. The fourth-order valence-electron chi connectivity index (χ4n) is 0.752. The van der Waals surface area contributed by atoms with Gasteiger partial charge in [-0.2, -0.15) is 5.10 Å². The maximum Gasteiger partial charge on any atom is 0.226 e. The highest BCUT2D eigenvalue weighted by Gasteiger charge is 2.08. The van der Waals surface area contributed by atoms with Crippen molar-refractivity contribution in [2.45, 2.75) is 19.8 Å². The molecule has 0 fully saturated rings. The van der Waals surface area contributed by atoms with Crippen molar-refractivity contribution < 1.29 is 9.53 Å². The molecule has 0 bridgehead atoms. The highest BCUT2D eigenvalue weighted by atomic mass is 79.9. The van der Waals surface area contributed by atoms with E-state index in [0.29, 0.717) is 22.1 Å². The molecule has 2 radical (unpaired) electrons. The van der Waals surface area contributed by atoms with E-state index in [2.05, 4.69) is 26.1 Å². The average Bonchev–Trinajstić information content (AvgIpc) is 2.43. The third kappa shape index (κ3) is 2.16. The number of nitrogens with zero attached hydrogens (tertiary/aromatic N) is 1. The molecule has 0 amide bonds. The van der Waals surface area contributed by atoms with Gasteiger partial charge in [0, 0.05) is 0 Å². The van der Waals surface area contributed by atoms with Gasteiger partial charge in [-0.1, -0.05) is 0 Å². The molecule has 1 heterocycles. The summed E-state index contributed by atoms with van der Waals surface area (Å²) in [7, 11) is 0.458. The standard InChI is InChI=1S/C6H9BrN2O2Si/c1-12-11-3-5-6(7)4(2-10)8-9-5/h10H,2-3H2,1H3,(H,8,9). The molecule has 6 heteroatoms. The zero-order chi connectivity index (χ0) is 8.97. The molecule has 0 unspecified atom stereocenters. The zero-order valence-corrected chi connectivity index (χ0v) is 9.18. The summed E-state index contributed by atoms with van der Waals surface area (Å²) in [6.07, 6.45) is 0. The molecule has 0 saturated carbocycles. The van der Waals surface area contributed by atoms with Gasteiger partial charge >= 0.3 is 0 Å². The average molecular weight is 249 g/mol. The van der Waals surface area contributed by atoms with Crippen molar-refractivity contribution in [3.8, 4) is 0 Å². The molecule has 0 atom stereocenters. The summed E-state index contributed by atoms with van der Waals surface area (Å²) in [5.41, 5.74) is 1.49. The van der Waals surface area contributed by atoms with Crippen molar-refractivity contribution in [1.29, 1.82) is 0 Å². The van der Waals surface area contributed by atoms with Crippen molar-refractivity contribution in [1.82, 2.24) is 10.2 Å². The number of aliphatic hydroxyl groups is 1. The fourth-order valence-corrected chi connectivity index (χ4v) is 1.46. The van der Waals surface area contributed by atoms with Crippen LogP contribution in [0.25, 0.3) is 0 Å². The van der Waals surface area contributed by atoms with Gasteiger partial charge in [0.2, 0.25) is 9.76 Å². The predicted octanol–water partition coefficient (Wildman–Crippen LogP) is 0.848. The van der Waals surface area contributed by atoms with E-state index in [4.69, 9.17) is 9.53 Å². The first-order valence-corrected chi connectivity index (χ1v) is 5.60. The maximum absolute atomic E-state index is 8.81. The highest BCUT2D eigenvalue weighted by molar-refractivity contribution is 9.10. The number of aliphatic hydroxyl groups excluding tert-OH is 1. The van der Waals surface area contributed by atoms with Gasteiger partial charge in [0.15, 0.2) is 0 Å². The van der Waals surface area contributed by atoms with Gasteiger partial charge in [-0.3, -0.25) is 5.10 Å². The van der Waals surface area contributed by atoms with Crippen LogP contribution in [0, 0.1) is 0 Å². The Kier molecular flexibility index (Phi) is 3.93. The molecule has 1 aromatic heterocycles. The number of hydrogen-bond acceptors (Lipinski definition) is 3. The quantitative estimate of drug-likeness (QED) is 0.778. The van der Waals surface area contributed by atoms with Crippen LogP contribution in [-0.4, -0.2) is 25.1 Å². The summed E-state index contributed by atoms with van der Waals surface area (Å²) in [6, 6.07) is 0. The van der Waals surface area contributed by atoms with E-state index in [9.17, 15) is 0 Å². The molecular formula is C6H9BrN2O2Si. The second-order valence-corrected chi connectivity index (χ2v) is 3.60. The first-order valence-electron chi connectivity index (χ1n) is 3.40. The number of aromatic nitrogens is 2. The van der Waals surface area contributed by atoms with Crippen molar-refractivity contribution in [2.24, 2.45) is 0 Å². The molecule has 1 aromatic rings. The lowest BCUT2D eigenvalue weighted by molar-refractivity contribution is 0.276. The number of aromatic amines is 1. The van der Waals surface area contributed by atoms with Crippen LogP contribution in [0.4, 0.5) is 0 Å². The van der Waals surface area contributed by atoms with Gasteiger partial charge in [0.25, 0.3) is 0 Å². The van der Waals surface area contributed by atoms with E-state index in [1.54, 1.807) is 0 Å². The van der Waals surface area contributed by atoms with Crippen molar-refractivity contribution in [3.05, 3.63) is 15.9 Å². The monoisotopic (exact) mass is 248 g/mol. The van der Waals surface area contributed by atoms with Crippen LogP contribution in [0.2, 0.25) is 6.55 Å². The van der Waals surface area contributed by atoms with Gasteiger partial charge in [-0.05, 0) is 22.5 Å². The smallest absolute Gasteiger partial charge is 0.226 e. The first-order chi connectivity index (χ1) is 5.79. The van der Waals surface area contributed by atoms with Crippen LogP contribution < -0.4 is 0 Å². The van der Waals surface area contributed by atoms with Gasteiger partial charge in [0.05, 0.1) is 23.4 Å². The summed E-state index contributed by atoms with van der Waals surface area (Å²) in [4.78, 5) is 0. The highest BCUT2D eigenvalue weighted by Crippen LogP contribution is 2.19. The van der Waals surface area contributed by atoms with E-state index < -0.39 is 0 Å². The molecule has 12 heavy (non-hydrogen) atoms. The van der Waals surface area contributed by atoms with E-state index in [1.165, 1.54) is 0 Å². The van der Waals surface area contributed by atoms with Crippen LogP contribution in [0.3, 0.4) is 0 Å². The van der Waals surface area contributed by atoms with Crippen LogP contribution in [0.1, 0.15) is 11.4 Å². The van der Waals surface area contributed by atoms with Gasteiger partial charge < -0.3 is 9.53 Å². The van der Waals surface area contributed by atoms with E-state index >= 15 is 0 Å². The number of hydrogen-bond donors (Lipinski definition) is 2. The summed E-state index contributed by atoms with van der Waals surface area (Å²) < 4.78 is 6.01. The van der Waals surface area contributed by atoms with E-state index in [-0.39, 0.29) is 6.61 Å². The van der Waals surface area contributed by atoms with Crippen LogP contribution in [0.5, 0.6) is 0 Å². The fraction of sp³-hybridized carbons (Fsp3) is 0.500. The van der Waals surface area contributed by atoms with Gasteiger partial charge in [-0.25, -0.2) is 0 Å². The summed E-state index contributed by atoms with van der Waals surface area (Å²) in [6.45, 7) is 2.39. The molecule has 0 aliphatic heterocycles. The van der Waals surface area contributed by atoms with Crippen molar-refractivity contribution >= 4 is 25.7 Å². The van der Waals surface area contributed by atoms with Crippen LogP contribution >= 0.6 is 15.9 Å². The summed E-state index contributed by atoms with van der Waals surface area (Å²) >= 11 is 3.31. The molecular weight excluding hydrogens is 240 g/mol. The van der Waals surface area contributed by atoms with Crippen molar-refractivity contribution in [2.75, 3.05) is 0 Å². The lowest BCUT2D eigenvalue weighted by Gasteiger charge is -1.97. The Hall–Kier alpha value is -0.173. The Morgan fingerprint density at radius 1 is 1.75 bits per heavy atom. The number of nitrogens with one attached hydrogen (secondary N) is 1. The SMILES string of the molecule is C[Si]OCc1[nH]nc(CO)c1Br. The topological polar surface area (TPSA) is 58.1 Å². The first kappa shape index (κ1) is 9.91. The molecule has 0 saturated heterocycles. The third-order valence-corrected chi connectivity index (χ3v) is 2.72. The molecule has 1 rings (SSSR count). The Bertz CT molecular complexity index is 254. The summed E-state index contributed by atoms with van der Waals surface area (Å²) in [5, 5.41) is 15.5. The second-order valence-electron chi connectivity index (χ2n) is 2.11. The predicted molar refractivity (Wildman–Crippen MR) is 48.6 cm³/mol. The van der Waals surface area contributed by atoms with Gasteiger partial charge in [-0.15, -0.1) is 0 Å². The maximum atomic E-state index is 8.81. The zero-order valence-electron chi connectivity index (χ0n) is 6.59. The molecule has 4 nitrogen and oxygen atoms in total. The Morgan fingerprint density at radius 3 is 3.00 bits per heavy atom. The molecule has 2 N–H and O–H groups in total. The van der Waals surface area contributed by atoms with E-state index in [0.717, 1.165) is 10.2 Å². The second kappa shape index (κ2) is 4.76. The number of rotatable bonds is 4. The molecule has 0 spiro atoms. The third-order valence-electron chi connectivity index (χ3n) is 1.35. The molecule has 66 valence electrons. The minimum atomic E-state index is -0.0640. The molecule has 0 aromatic carbocycles. The van der Waals surface area contributed by atoms with Crippen LogP contribution in [0.15, 0.2) is 4.47 Å².